The molecule has 6 nitrogen and oxygen atoms in total. The highest BCUT2D eigenvalue weighted by Gasteiger charge is 2.33. The van der Waals surface area contributed by atoms with Gasteiger partial charge < -0.3 is 10.1 Å². The SMILES string of the molecule is CCCCOc1ccccc1NC(=O)c1ccc2c(c1)C(=O)N(C)C2=O. The number of hydrogen-bond acceptors (Lipinski definition) is 4. The van der Waals surface area contributed by atoms with E-state index in [0.29, 0.717) is 29.2 Å². The molecule has 2 aromatic carbocycles. The van der Waals surface area contributed by atoms with Crippen molar-refractivity contribution >= 4 is 23.4 Å². The molecule has 3 rings (SSSR count). The van der Waals surface area contributed by atoms with Crippen molar-refractivity contribution in [2.24, 2.45) is 0 Å². The Hall–Kier alpha value is -3.15. The number of imide groups is 1. The number of carbonyl (C=O) groups excluding carboxylic acids is 3. The third-order valence-electron chi connectivity index (χ3n) is 4.24. The molecule has 0 spiro atoms. The number of ether oxygens (including phenoxy) is 1. The van der Waals surface area contributed by atoms with E-state index in [9.17, 15) is 14.4 Å². The summed E-state index contributed by atoms with van der Waals surface area (Å²) in [6, 6.07) is 11.7. The molecule has 0 radical (unpaired) electrons. The summed E-state index contributed by atoms with van der Waals surface area (Å²) in [6.45, 7) is 2.65. The lowest BCUT2D eigenvalue weighted by molar-refractivity contribution is 0.0693. The largest absolute Gasteiger partial charge is 0.491 e. The number of nitrogens with one attached hydrogen (secondary N) is 1. The monoisotopic (exact) mass is 352 g/mol. The number of carbonyl (C=O) groups is 3. The Kier molecular flexibility index (Phi) is 5.02. The van der Waals surface area contributed by atoms with E-state index in [1.54, 1.807) is 18.2 Å². The van der Waals surface area contributed by atoms with Gasteiger partial charge >= 0.3 is 0 Å². The van der Waals surface area contributed by atoms with Crippen molar-refractivity contribution in [1.82, 2.24) is 4.90 Å². The summed E-state index contributed by atoms with van der Waals surface area (Å²) in [5.74, 6) is -0.523. The standard InChI is InChI=1S/C20H20N2O4/c1-3-4-11-26-17-8-6-5-7-16(17)21-18(23)13-9-10-14-15(12-13)20(25)22(2)19(14)24/h5-10,12H,3-4,11H2,1-2H3,(H,21,23). The topological polar surface area (TPSA) is 75.7 Å². The molecule has 6 heteroatoms. The van der Waals surface area contributed by atoms with Crippen molar-refractivity contribution in [2.45, 2.75) is 19.8 Å². The Morgan fingerprint density at radius 1 is 1.08 bits per heavy atom. The molecule has 1 N–H and O–H groups in total. The van der Waals surface area contributed by atoms with Crippen LogP contribution in [0.5, 0.6) is 5.75 Å². The van der Waals surface area contributed by atoms with E-state index >= 15 is 0 Å². The summed E-state index contributed by atoms with van der Waals surface area (Å²) >= 11 is 0. The third-order valence-corrected chi connectivity index (χ3v) is 4.24. The van der Waals surface area contributed by atoms with Crippen LogP contribution in [0.2, 0.25) is 0 Å². The van der Waals surface area contributed by atoms with E-state index in [1.165, 1.54) is 19.2 Å². The minimum atomic E-state index is -0.400. The zero-order valence-corrected chi connectivity index (χ0v) is 14.7. The van der Waals surface area contributed by atoms with Crippen molar-refractivity contribution in [2.75, 3.05) is 19.0 Å². The summed E-state index contributed by atoms with van der Waals surface area (Å²) in [7, 11) is 1.42. The summed E-state index contributed by atoms with van der Waals surface area (Å²) < 4.78 is 5.71. The number of fused-ring (bicyclic) bond motifs is 1. The molecule has 26 heavy (non-hydrogen) atoms. The van der Waals surface area contributed by atoms with Crippen molar-refractivity contribution in [3.05, 3.63) is 59.2 Å². The average molecular weight is 352 g/mol. The number of hydrogen-bond donors (Lipinski definition) is 1. The predicted molar refractivity (Wildman–Crippen MR) is 97.7 cm³/mol. The molecule has 0 atom stereocenters. The molecule has 0 unspecified atom stereocenters. The van der Waals surface area contributed by atoms with Crippen LogP contribution in [0, 0.1) is 0 Å². The van der Waals surface area contributed by atoms with Crippen LogP contribution in [-0.4, -0.2) is 36.3 Å². The van der Waals surface area contributed by atoms with Crippen LogP contribution in [-0.2, 0) is 0 Å². The molecule has 0 bridgehead atoms. The predicted octanol–water partition coefficient (Wildman–Crippen LogP) is 3.34. The molecule has 0 aliphatic carbocycles. The van der Waals surface area contributed by atoms with Gasteiger partial charge in [0.25, 0.3) is 17.7 Å². The van der Waals surface area contributed by atoms with Gasteiger partial charge in [-0.2, -0.15) is 0 Å². The van der Waals surface area contributed by atoms with Crippen LogP contribution in [0.3, 0.4) is 0 Å². The first-order valence-corrected chi connectivity index (χ1v) is 8.52. The molecule has 1 aliphatic heterocycles. The van der Waals surface area contributed by atoms with Crippen LogP contribution >= 0.6 is 0 Å². The van der Waals surface area contributed by atoms with Crippen LogP contribution in [0.25, 0.3) is 0 Å². The van der Waals surface area contributed by atoms with Gasteiger partial charge in [-0.05, 0) is 36.8 Å². The Labute approximate surface area is 151 Å². The first-order chi connectivity index (χ1) is 12.5. The zero-order chi connectivity index (χ0) is 18.7. The quantitative estimate of drug-likeness (QED) is 0.639. The number of nitrogens with zero attached hydrogens (tertiary/aromatic N) is 1. The molecule has 1 aliphatic rings. The van der Waals surface area contributed by atoms with Gasteiger partial charge in [0.05, 0.1) is 23.4 Å². The first kappa shape index (κ1) is 17.7. The van der Waals surface area contributed by atoms with Gasteiger partial charge in [-0.15, -0.1) is 0 Å². The lowest BCUT2D eigenvalue weighted by Gasteiger charge is -2.12. The van der Waals surface area contributed by atoms with E-state index < -0.39 is 5.91 Å². The normalized spacial score (nSPS) is 12.9. The van der Waals surface area contributed by atoms with Crippen LogP contribution in [0.4, 0.5) is 5.69 Å². The van der Waals surface area contributed by atoms with E-state index in [2.05, 4.69) is 12.2 Å². The average Bonchev–Trinajstić information content (AvgIpc) is 2.87. The van der Waals surface area contributed by atoms with Crippen molar-refractivity contribution in [1.29, 1.82) is 0 Å². The second-order valence-electron chi connectivity index (χ2n) is 6.08. The Bertz CT molecular complexity index is 876. The summed E-state index contributed by atoms with van der Waals surface area (Å²) in [6.07, 6.45) is 1.95. The van der Waals surface area contributed by atoms with Crippen LogP contribution in [0.1, 0.15) is 50.8 Å². The maximum atomic E-state index is 12.6. The lowest BCUT2D eigenvalue weighted by Crippen LogP contribution is -2.24. The fourth-order valence-electron chi connectivity index (χ4n) is 2.72. The van der Waals surface area contributed by atoms with Gasteiger partial charge in [0, 0.05) is 12.6 Å². The van der Waals surface area contributed by atoms with Gasteiger partial charge in [-0.1, -0.05) is 25.5 Å². The molecule has 0 aromatic heterocycles. The number of rotatable bonds is 6. The lowest BCUT2D eigenvalue weighted by atomic mass is 10.1. The minimum Gasteiger partial charge on any atom is -0.491 e. The smallest absolute Gasteiger partial charge is 0.261 e. The molecule has 2 aromatic rings. The molecule has 0 saturated heterocycles. The zero-order valence-electron chi connectivity index (χ0n) is 14.7. The first-order valence-electron chi connectivity index (χ1n) is 8.52. The Morgan fingerprint density at radius 2 is 1.81 bits per heavy atom. The summed E-state index contributed by atoms with van der Waals surface area (Å²) in [5, 5.41) is 2.81. The highest BCUT2D eigenvalue weighted by Crippen LogP contribution is 2.26. The van der Waals surface area contributed by atoms with Crippen molar-refractivity contribution in [3.8, 4) is 5.75 Å². The van der Waals surface area contributed by atoms with Crippen LogP contribution in [0.15, 0.2) is 42.5 Å². The van der Waals surface area contributed by atoms with Crippen molar-refractivity contribution < 1.29 is 19.1 Å². The number of amides is 3. The van der Waals surface area contributed by atoms with E-state index in [-0.39, 0.29) is 17.4 Å². The Morgan fingerprint density at radius 3 is 2.58 bits per heavy atom. The van der Waals surface area contributed by atoms with Gasteiger partial charge in [0.2, 0.25) is 0 Å². The van der Waals surface area contributed by atoms with Crippen molar-refractivity contribution in [3.63, 3.8) is 0 Å². The van der Waals surface area contributed by atoms with E-state index in [1.807, 2.05) is 12.1 Å². The van der Waals surface area contributed by atoms with Gasteiger partial charge in [0.15, 0.2) is 0 Å². The number of para-hydroxylation sites is 2. The van der Waals surface area contributed by atoms with Gasteiger partial charge in [-0.25, -0.2) is 0 Å². The van der Waals surface area contributed by atoms with Gasteiger partial charge in [-0.3, -0.25) is 19.3 Å². The Balaban J connectivity index is 1.80. The second-order valence-corrected chi connectivity index (χ2v) is 6.08. The number of benzene rings is 2. The molecular weight excluding hydrogens is 332 g/mol. The van der Waals surface area contributed by atoms with E-state index in [0.717, 1.165) is 17.7 Å². The number of unbranched alkanes of at least 4 members (excludes halogenated alkanes) is 1. The van der Waals surface area contributed by atoms with Gasteiger partial charge in [0.1, 0.15) is 5.75 Å². The molecule has 0 saturated carbocycles. The number of anilines is 1. The fraction of sp³-hybridized carbons (Fsp3) is 0.250. The molecule has 134 valence electrons. The third kappa shape index (κ3) is 3.31. The second kappa shape index (κ2) is 7.39. The highest BCUT2D eigenvalue weighted by molar-refractivity contribution is 6.22. The summed E-state index contributed by atoms with van der Waals surface area (Å²) in [5.41, 5.74) is 1.44. The maximum Gasteiger partial charge on any atom is 0.261 e. The molecular formula is C20H20N2O4. The van der Waals surface area contributed by atoms with E-state index in [4.69, 9.17) is 4.74 Å². The molecule has 3 amide bonds. The maximum absolute atomic E-state index is 12.6. The van der Waals surface area contributed by atoms with Crippen LogP contribution < -0.4 is 10.1 Å². The fourth-order valence-corrected chi connectivity index (χ4v) is 2.72. The molecule has 0 fully saturated rings. The molecule has 1 heterocycles. The minimum absolute atomic E-state index is 0.248. The highest BCUT2D eigenvalue weighted by atomic mass is 16.5. The summed E-state index contributed by atoms with van der Waals surface area (Å²) in [4.78, 5) is 37.7.